The van der Waals surface area contributed by atoms with Crippen molar-refractivity contribution in [3.63, 3.8) is 0 Å². The fourth-order valence-corrected chi connectivity index (χ4v) is 1.55. The fourth-order valence-electron chi connectivity index (χ4n) is 1.55. The van der Waals surface area contributed by atoms with Gasteiger partial charge in [-0.2, -0.15) is 0 Å². The Balaban J connectivity index is 2.45. The molecule has 0 N–H and O–H groups in total. The molecule has 0 aromatic heterocycles. The zero-order valence-electron chi connectivity index (χ0n) is 9.21. The van der Waals surface area contributed by atoms with Crippen LogP contribution in [0.1, 0.15) is 20.8 Å². The van der Waals surface area contributed by atoms with E-state index in [2.05, 4.69) is 18.7 Å². The van der Waals surface area contributed by atoms with Gasteiger partial charge in [0.1, 0.15) is 0 Å². The Labute approximate surface area is 85.2 Å². The molecule has 0 aromatic rings. The third-order valence-electron chi connectivity index (χ3n) is 2.44. The smallest absolute Gasteiger partial charge is 0.320 e. The van der Waals surface area contributed by atoms with Crippen molar-refractivity contribution >= 4 is 5.97 Å². The van der Waals surface area contributed by atoms with Crippen LogP contribution in [0.3, 0.4) is 0 Å². The second-order valence-corrected chi connectivity index (χ2v) is 4.09. The monoisotopic (exact) mass is 201 g/mol. The summed E-state index contributed by atoms with van der Waals surface area (Å²) in [6.45, 7) is 8.95. The average molecular weight is 201 g/mol. The summed E-state index contributed by atoms with van der Waals surface area (Å²) in [4.78, 5) is 13.4. The standard InChI is InChI=1S/C10H19NO3/c1-4-14-9(12)7-11-5-6-13-8-10(11,2)3/h4-8H2,1-3H3. The summed E-state index contributed by atoms with van der Waals surface area (Å²) in [5.41, 5.74) is -0.0645. The van der Waals surface area contributed by atoms with Gasteiger partial charge in [0, 0.05) is 12.1 Å². The predicted molar refractivity (Wildman–Crippen MR) is 53.1 cm³/mol. The molecule has 1 rings (SSSR count). The Hall–Kier alpha value is -0.610. The van der Waals surface area contributed by atoms with Crippen LogP contribution in [0.2, 0.25) is 0 Å². The van der Waals surface area contributed by atoms with Crippen LogP contribution in [-0.2, 0) is 14.3 Å². The first kappa shape index (κ1) is 11.5. The van der Waals surface area contributed by atoms with E-state index in [1.54, 1.807) is 0 Å². The molecule has 1 aliphatic rings. The number of hydrogen-bond acceptors (Lipinski definition) is 4. The topological polar surface area (TPSA) is 38.8 Å². The highest BCUT2D eigenvalue weighted by molar-refractivity contribution is 5.71. The van der Waals surface area contributed by atoms with Crippen molar-refractivity contribution in [3.05, 3.63) is 0 Å². The zero-order valence-corrected chi connectivity index (χ0v) is 9.21. The minimum absolute atomic E-state index is 0.0645. The lowest BCUT2D eigenvalue weighted by molar-refractivity contribution is -0.149. The van der Waals surface area contributed by atoms with Gasteiger partial charge in [0.25, 0.3) is 0 Å². The zero-order chi connectivity index (χ0) is 10.6. The van der Waals surface area contributed by atoms with Crippen molar-refractivity contribution in [2.75, 3.05) is 32.9 Å². The molecule has 1 saturated heterocycles. The average Bonchev–Trinajstić information content (AvgIpc) is 2.09. The minimum Gasteiger partial charge on any atom is -0.465 e. The lowest BCUT2D eigenvalue weighted by atomic mass is 10.0. The van der Waals surface area contributed by atoms with Gasteiger partial charge in [-0.25, -0.2) is 0 Å². The SMILES string of the molecule is CCOC(=O)CN1CCOCC1(C)C. The van der Waals surface area contributed by atoms with Crippen LogP contribution in [0.25, 0.3) is 0 Å². The molecule has 0 aliphatic carbocycles. The molecular formula is C10H19NO3. The van der Waals surface area contributed by atoms with E-state index in [1.165, 1.54) is 0 Å². The normalized spacial score (nSPS) is 21.9. The van der Waals surface area contributed by atoms with E-state index in [-0.39, 0.29) is 11.5 Å². The van der Waals surface area contributed by atoms with Gasteiger partial charge in [0.05, 0.1) is 26.4 Å². The molecule has 1 fully saturated rings. The first-order valence-electron chi connectivity index (χ1n) is 5.04. The molecule has 82 valence electrons. The molecule has 0 radical (unpaired) electrons. The number of ether oxygens (including phenoxy) is 2. The summed E-state index contributed by atoms with van der Waals surface area (Å²) in [5.74, 6) is -0.150. The predicted octanol–water partition coefficient (Wildman–Crippen LogP) is 0.660. The second kappa shape index (κ2) is 4.75. The molecule has 0 saturated carbocycles. The Morgan fingerprint density at radius 1 is 1.57 bits per heavy atom. The summed E-state index contributed by atoms with van der Waals surface area (Å²) in [6.07, 6.45) is 0. The van der Waals surface area contributed by atoms with Gasteiger partial charge in [0.2, 0.25) is 0 Å². The molecule has 0 spiro atoms. The third kappa shape index (κ3) is 2.96. The molecule has 0 atom stereocenters. The summed E-state index contributed by atoms with van der Waals surface area (Å²) >= 11 is 0. The maximum Gasteiger partial charge on any atom is 0.320 e. The molecule has 14 heavy (non-hydrogen) atoms. The Kier molecular flexibility index (Phi) is 3.89. The molecule has 4 heteroatoms. The molecule has 1 aliphatic heterocycles. The molecule has 0 amide bonds. The van der Waals surface area contributed by atoms with Gasteiger partial charge < -0.3 is 9.47 Å². The number of carbonyl (C=O) groups excluding carboxylic acids is 1. The van der Waals surface area contributed by atoms with Crippen molar-refractivity contribution in [3.8, 4) is 0 Å². The Morgan fingerprint density at radius 3 is 2.86 bits per heavy atom. The van der Waals surface area contributed by atoms with Crippen LogP contribution in [-0.4, -0.2) is 49.3 Å². The van der Waals surface area contributed by atoms with Crippen LogP contribution in [0, 0.1) is 0 Å². The van der Waals surface area contributed by atoms with Crippen molar-refractivity contribution in [1.29, 1.82) is 0 Å². The van der Waals surface area contributed by atoms with E-state index >= 15 is 0 Å². The summed E-state index contributed by atoms with van der Waals surface area (Å²) < 4.78 is 10.3. The molecule has 0 bridgehead atoms. The number of hydrogen-bond donors (Lipinski definition) is 0. The highest BCUT2D eigenvalue weighted by Gasteiger charge is 2.31. The largest absolute Gasteiger partial charge is 0.465 e. The van der Waals surface area contributed by atoms with E-state index < -0.39 is 0 Å². The van der Waals surface area contributed by atoms with Gasteiger partial charge >= 0.3 is 5.97 Å². The second-order valence-electron chi connectivity index (χ2n) is 4.09. The van der Waals surface area contributed by atoms with Crippen LogP contribution in [0.5, 0.6) is 0 Å². The van der Waals surface area contributed by atoms with E-state index in [0.717, 1.165) is 6.54 Å². The van der Waals surface area contributed by atoms with E-state index in [4.69, 9.17) is 9.47 Å². The van der Waals surface area contributed by atoms with Gasteiger partial charge in [-0.1, -0.05) is 0 Å². The minimum atomic E-state index is -0.150. The number of esters is 1. The number of carbonyl (C=O) groups is 1. The van der Waals surface area contributed by atoms with Gasteiger partial charge in [0.15, 0.2) is 0 Å². The molecule has 4 nitrogen and oxygen atoms in total. The maximum absolute atomic E-state index is 11.3. The maximum atomic E-state index is 11.3. The first-order valence-corrected chi connectivity index (χ1v) is 5.04. The van der Waals surface area contributed by atoms with Gasteiger partial charge in [-0.3, -0.25) is 9.69 Å². The number of morpholine rings is 1. The third-order valence-corrected chi connectivity index (χ3v) is 2.44. The van der Waals surface area contributed by atoms with Crippen LogP contribution in [0.4, 0.5) is 0 Å². The lowest BCUT2D eigenvalue weighted by Crippen LogP contribution is -2.54. The first-order chi connectivity index (χ1) is 6.56. The van der Waals surface area contributed by atoms with Gasteiger partial charge in [-0.15, -0.1) is 0 Å². The number of rotatable bonds is 3. The van der Waals surface area contributed by atoms with Crippen LogP contribution < -0.4 is 0 Å². The Bertz CT molecular complexity index is 204. The number of nitrogens with zero attached hydrogens (tertiary/aromatic N) is 1. The van der Waals surface area contributed by atoms with Crippen molar-refractivity contribution in [2.24, 2.45) is 0 Å². The van der Waals surface area contributed by atoms with E-state index in [1.807, 2.05) is 6.92 Å². The highest BCUT2D eigenvalue weighted by atomic mass is 16.5. The summed E-state index contributed by atoms with van der Waals surface area (Å²) in [7, 11) is 0. The molecule has 0 aromatic carbocycles. The lowest BCUT2D eigenvalue weighted by Gasteiger charge is -2.41. The van der Waals surface area contributed by atoms with Gasteiger partial charge in [-0.05, 0) is 20.8 Å². The van der Waals surface area contributed by atoms with Crippen molar-refractivity contribution in [2.45, 2.75) is 26.3 Å². The quantitative estimate of drug-likeness (QED) is 0.629. The van der Waals surface area contributed by atoms with Crippen molar-refractivity contribution in [1.82, 2.24) is 4.90 Å². The van der Waals surface area contributed by atoms with Crippen molar-refractivity contribution < 1.29 is 14.3 Å². The summed E-state index contributed by atoms with van der Waals surface area (Å²) in [5, 5.41) is 0. The molecule has 1 heterocycles. The van der Waals surface area contributed by atoms with E-state index in [9.17, 15) is 4.79 Å². The highest BCUT2D eigenvalue weighted by Crippen LogP contribution is 2.18. The van der Waals surface area contributed by atoms with Crippen LogP contribution >= 0.6 is 0 Å². The van der Waals surface area contributed by atoms with E-state index in [0.29, 0.717) is 26.4 Å². The molecule has 0 unspecified atom stereocenters. The molecular weight excluding hydrogens is 182 g/mol. The Morgan fingerprint density at radius 2 is 2.29 bits per heavy atom. The fraction of sp³-hybridized carbons (Fsp3) is 0.900. The van der Waals surface area contributed by atoms with Crippen LogP contribution in [0.15, 0.2) is 0 Å². The summed E-state index contributed by atoms with van der Waals surface area (Å²) in [6, 6.07) is 0.